The van der Waals surface area contributed by atoms with Crippen molar-refractivity contribution in [3.8, 4) is 0 Å². The first-order chi connectivity index (χ1) is 9.28. The van der Waals surface area contributed by atoms with Gasteiger partial charge in [-0.25, -0.2) is 4.98 Å². The van der Waals surface area contributed by atoms with Crippen LogP contribution in [0.1, 0.15) is 25.0 Å². The van der Waals surface area contributed by atoms with Crippen LogP contribution < -0.4 is 5.32 Å². The van der Waals surface area contributed by atoms with Crippen molar-refractivity contribution < 1.29 is 5.11 Å². The van der Waals surface area contributed by atoms with Crippen LogP contribution in [0.2, 0.25) is 0 Å². The Kier molecular flexibility index (Phi) is 3.33. The van der Waals surface area contributed by atoms with Gasteiger partial charge in [-0.2, -0.15) is 14.6 Å². The Morgan fingerprint density at radius 2 is 2.26 bits per heavy atom. The van der Waals surface area contributed by atoms with E-state index in [1.165, 1.54) is 19.2 Å². The Labute approximate surface area is 111 Å². The van der Waals surface area contributed by atoms with Gasteiger partial charge in [-0.05, 0) is 31.6 Å². The molecule has 1 aliphatic rings. The van der Waals surface area contributed by atoms with Crippen LogP contribution in [0.4, 0.5) is 5.82 Å². The number of rotatable bonds is 4. The molecule has 2 aromatic heterocycles. The molecule has 0 bridgehead atoms. The molecule has 102 valence electrons. The molecule has 0 saturated heterocycles. The van der Waals surface area contributed by atoms with Crippen molar-refractivity contribution in [3.63, 3.8) is 0 Å². The number of nitrogens with zero attached hydrogens (tertiary/aromatic N) is 4. The summed E-state index contributed by atoms with van der Waals surface area (Å²) in [5.74, 6) is 2.51. The Hall–Kier alpha value is -1.69. The minimum atomic E-state index is 0.292. The topological polar surface area (TPSA) is 75.3 Å². The molecule has 19 heavy (non-hydrogen) atoms. The van der Waals surface area contributed by atoms with Gasteiger partial charge >= 0.3 is 0 Å². The fraction of sp³-hybridized carbons (Fsp3) is 0.615. The van der Waals surface area contributed by atoms with E-state index in [1.807, 2.05) is 13.0 Å². The molecule has 1 fully saturated rings. The van der Waals surface area contributed by atoms with Crippen molar-refractivity contribution in [1.29, 1.82) is 0 Å². The summed E-state index contributed by atoms with van der Waals surface area (Å²) in [5, 5.41) is 17.0. The molecule has 0 aliphatic heterocycles. The number of aliphatic hydroxyl groups excluding tert-OH is 1. The van der Waals surface area contributed by atoms with Gasteiger partial charge in [0.05, 0.1) is 0 Å². The van der Waals surface area contributed by atoms with Crippen LogP contribution in [0.15, 0.2) is 12.4 Å². The molecule has 1 saturated carbocycles. The van der Waals surface area contributed by atoms with E-state index in [1.54, 1.807) is 4.52 Å². The Morgan fingerprint density at radius 3 is 3.11 bits per heavy atom. The van der Waals surface area contributed by atoms with Gasteiger partial charge in [0.1, 0.15) is 12.1 Å². The summed E-state index contributed by atoms with van der Waals surface area (Å²) in [6.45, 7) is 3.11. The number of aryl methyl sites for hydroxylation is 1. The van der Waals surface area contributed by atoms with Crippen molar-refractivity contribution in [3.05, 3.63) is 18.1 Å². The van der Waals surface area contributed by atoms with E-state index in [0.717, 1.165) is 24.5 Å². The summed E-state index contributed by atoms with van der Waals surface area (Å²) >= 11 is 0. The first kappa shape index (κ1) is 12.3. The van der Waals surface area contributed by atoms with E-state index in [0.29, 0.717) is 24.2 Å². The van der Waals surface area contributed by atoms with Gasteiger partial charge in [-0.15, -0.1) is 0 Å². The predicted octanol–water partition coefficient (Wildman–Crippen LogP) is 1.25. The predicted molar refractivity (Wildman–Crippen MR) is 71.9 cm³/mol. The molecule has 2 atom stereocenters. The van der Waals surface area contributed by atoms with Gasteiger partial charge in [0.25, 0.3) is 5.78 Å². The molecule has 2 aromatic rings. The fourth-order valence-electron chi connectivity index (χ4n) is 2.91. The summed E-state index contributed by atoms with van der Waals surface area (Å²) in [5.41, 5.74) is 0.924. The summed E-state index contributed by atoms with van der Waals surface area (Å²) in [6.07, 6.45) is 5.05. The Bertz CT molecular complexity index is 567. The summed E-state index contributed by atoms with van der Waals surface area (Å²) in [7, 11) is 0. The van der Waals surface area contributed by atoms with Crippen LogP contribution in [0.25, 0.3) is 5.78 Å². The Morgan fingerprint density at radius 1 is 1.42 bits per heavy atom. The number of hydrogen-bond acceptors (Lipinski definition) is 5. The zero-order chi connectivity index (χ0) is 13.2. The molecule has 2 unspecified atom stereocenters. The number of hydrogen-bond donors (Lipinski definition) is 2. The maximum atomic E-state index is 9.35. The third-order valence-corrected chi connectivity index (χ3v) is 3.98. The zero-order valence-corrected chi connectivity index (χ0v) is 11.1. The normalized spacial score (nSPS) is 23.1. The van der Waals surface area contributed by atoms with Crippen LogP contribution >= 0.6 is 0 Å². The quantitative estimate of drug-likeness (QED) is 0.866. The van der Waals surface area contributed by atoms with Gasteiger partial charge < -0.3 is 10.4 Å². The van der Waals surface area contributed by atoms with Crippen molar-refractivity contribution in [1.82, 2.24) is 19.6 Å². The van der Waals surface area contributed by atoms with Crippen molar-refractivity contribution >= 4 is 11.6 Å². The second kappa shape index (κ2) is 5.13. The highest BCUT2D eigenvalue weighted by Crippen LogP contribution is 2.31. The fourth-order valence-corrected chi connectivity index (χ4v) is 2.91. The highest BCUT2D eigenvalue weighted by molar-refractivity contribution is 5.44. The van der Waals surface area contributed by atoms with Crippen LogP contribution in [0.5, 0.6) is 0 Å². The van der Waals surface area contributed by atoms with Crippen LogP contribution in [0.3, 0.4) is 0 Å². The molecule has 6 nitrogen and oxygen atoms in total. The maximum Gasteiger partial charge on any atom is 0.254 e. The van der Waals surface area contributed by atoms with Crippen LogP contribution in [-0.4, -0.2) is 37.8 Å². The smallest absolute Gasteiger partial charge is 0.254 e. The van der Waals surface area contributed by atoms with Gasteiger partial charge in [0.2, 0.25) is 0 Å². The van der Waals surface area contributed by atoms with E-state index in [2.05, 4.69) is 20.4 Å². The number of anilines is 1. The molecule has 2 N–H and O–H groups in total. The highest BCUT2D eigenvalue weighted by atomic mass is 16.3. The average molecular weight is 261 g/mol. The lowest BCUT2D eigenvalue weighted by molar-refractivity contribution is 0.199. The molecule has 0 amide bonds. The lowest BCUT2D eigenvalue weighted by Crippen LogP contribution is -2.22. The molecule has 0 aromatic carbocycles. The SMILES string of the molecule is Cc1cc(NCC2CCCC2CO)n2ncnc2n1. The molecule has 1 aliphatic carbocycles. The largest absolute Gasteiger partial charge is 0.396 e. The molecule has 6 heteroatoms. The van der Waals surface area contributed by atoms with Gasteiger partial charge in [0, 0.05) is 24.9 Å². The number of nitrogens with one attached hydrogen (secondary N) is 1. The molecule has 2 heterocycles. The second-order valence-corrected chi connectivity index (χ2v) is 5.27. The van der Waals surface area contributed by atoms with Crippen LogP contribution in [0, 0.1) is 18.8 Å². The molecule has 3 rings (SSSR count). The summed E-state index contributed by atoms with van der Waals surface area (Å²) in [4.78, 5) is 8.43. The average Bonchev–Trinajstić information content (AvgIpc) is 3.03. The minimum absolute atomic E-state index is 0.292. The summed E-state index contributed by atoms with van der Waals surface area (Å²) in [6, 6.07) is 1.98. The molecular weight excluding hydrogens is 242 g/mol. The van der Waals surface area contributed by atoms with Crippen molar-refractivity contribution in [2.45, 2.75) is 26.2 Å². The Balaban J connectivity index is 1.76. The highest BCUT2D eigenvalue weighted by Gasteiger charge is 2.26. The minimum Gasteiger partial charge on any atom is -0.396 e. The summed E-state index contributed by atoms with van der Waals surface area (Å²) < 4.78 is 1.72. The number of fused-ring (bicyclic) bond motifs is 1. The van der Waals surface area contributed by atoms with Crippen molar-refractivity contribution in [2.24, 2.45) is 11.8 Å². The lowest BCUT2D eigenvalue weighted by atomic mass is 9.97. The molecular formula is C13H19N5O. The third kappa shape index (κ3) is 2.40. The van der Waals surface area contributed by atoms with Crippen molar-refractivity contribution in [2.75, 3.05) is 18.5 Å². The van der Waals surface area contributed by atoms with E-state index >= 15 is 0 Å². The van der Waals surface area contributed by atoms with E-state index in [-0.39, 0.29) is 0 Å². The lowest BCUT2D eigenvalue weighted by Gasteiger charge is -2.18. The number of aromatic nitrogens is 4. The van der Waals surface area contributed by atoms with E-state index in [9.17, 15) is 5.11 Å². The van der Waals surface area contributed by atoms with Crippen LogP contribution in [-0.2, 0) is 0 Å². The van der Waals surface area contributed by atoms with Gasteiger partial charge in [0.15, 0.2) is 0 Å². The van der Waals surface area contributed by atoms with Gasteiger partial charge in [-0.1, -0.05) is 6.42 Å². The first-order valence-electron chi connectivity index (χ1n) is 6.80. The zero-order valence-electron chi connectivity index (χ0n) is 11.1. The number of aliphatic hydroxyl groups is 1. The molecule has 0 spiro atoms. The van der Waals surface area contributed by atoms with Gasteiger partial charge in [-0.3, -0.25) is 0 Å². The van der Waals surface area contributed by atoms with E-state index < -0.39 is 0 Å². The van der Waals surface area contributed by atoms with E-state index in [4.69, 9.17) is 0 Å². The third-order valence-electron chi connectivity index (χ3n) is 3.98. The monoisotopic (exact) mass is 261 g/mol. The molecule has 0 radical (unpaired) electrons. The standard InChI is InChI=1S/C13H19N5O/c1-9-5-12(18-13(17-9)15-8-16-18)14-6-10-3-2-4-11(10)7-19/h5,8,10-11,14,19H,2-4,6-7H2,1H3. The second-order valence-electron chi connectivity index (χ2n) is 5.27. The first-order valence-corrected chi connectivity index (χ1v) is 6.80. The maximum absolute atomic E-state index is 9.35.